The fourth-order valence-electron chi connectivity index (χ4n) is 1.96. The van der Waals surface area contributed by atoms with Crippen LogP contribution in [0, 0.1) is 0 Å². The van der Waals surface area contributed by atoms with Crippen LogP contribution in [-0.4, -0.2) is 26.7 Å². The molecular weight excluding hydrogens is 300 g/mol. The SMILES string of the molecule is CCC(=O)Nc1ccccc1N=C(C)c1c(O)[nH]c(=O)[nH]c1=O. The number of para-hydroxylation sites is 2. The second-order valence-electron chi connectivity index (χ2n) is 4.75. The minimum absolute atomic E-state index is 0.138. The first-order valence-electron chi connectivity index (χ1n) is 6.92. The van der Waals surface area contributed by atoms with Gasteiger partial charge in [0.25, 0.3) is 5.56 Å². The summed E-state index contributed by atoms with van der Waals surface area (Å²) in [6.45, 7) is 3.24. The lowest BCUT2D eigenvalue weighted by molar-refractivity contribution is -0.115. The third kappa shape index (κ3) is 3.73. The standard InChI is InChI=1S/C15H16N4O4/c1-3-11(20)17-10-7-5-4-6-9(10)16-8(2)12-13(21)18-15(23)19-14(12)22/h4-7H,3H2,1-2H3,(H,17,20)(H3,18,19,21,22,23). The number of rotatable bonds is 4. The van der Waals surface area contributed by atoms with Crippen LogP contribution in [0.15, 0.2) is 38.8 Å². The third-order valence-electron chi connectivity index (χ3n) is 3.07. The van der Waals surface area contributed by atoms with Crippen molar-refractivity contribution in [3.05, 3.63) is 50.7 Å². The van der Waals surface area contributed by atoms with Crippen molar-refractivity contribution in [2.45, 2.75) is 20.3 Å². The average molecular weight is 316 g/mol. The zero-order valence-corrected chi connectivity index (χ0v) is 12.6. The van der Waals surface area contributed by atoms with Crippen LogP contribution in [0.5, 0.6) is 5.88 Å². The summed E-state index contributed by atoms with van der Waals surface area (Å²) in [6, 6.07) is 6.80. The molecule has 120 valence electrons. The molecule has 0 fully saturated rings. The van der Waals surface area contributed by atoms with Gasteiger partial charge in [0.2, 0.25) is 11.8 Å². The lowest BCUT2D eigenvalue weighted by Gasteiger charge is -2.08. The first-order chi connectivity index (χ1) is 10.9. The van der Waals surface area contributed by atoms with Crippen LogP contribution in [0.4, 0.5) is 11.4 Å². The van der Waals surface area contributed by atoms with Gasteiger partial charge >= 0.3 is 5.69 Å². The Hall–Kier alpha value is -3.16. The summed E-state index contributed by atoms with van der Waals surface area (Å²) >= 11 is 0. The molecule has 4 N–H and O–H groups in total. The molecule has 23 heavy (non-hydrogen) atoms. The average Bonchev–Trinajstić information content (AvgIpc) is 2.48. The van der Waals surface area contributed by atoms with Gasteiger partial charge in [0, 0.05) is 6.42 Å². The van der Waals surface area contributed by atoms with Gasteiger partial charge in [-0.25, -0.2) is 4.79 Å². The number of aromatic hydroxyl groups is 1. The molecule has 0 radical (unpaired) electrons. The molecule has 0 spiro atoms. The predicted molar refractivity (Wildman–Crippen MR) is 86.6 cm³/mol. The molecule has 8 heteroatoms. The Bertz CT molecular complexity index is 880. The van der Waals surface area contributed by atoms with Gasteiger partial charge in [-0.3, -0.25) is 24.5 Å². The van der Waals surface area contributed by atoms with E-state index in [9.17, 15) is 19.5 Å². The van der Waals surface area contributed by atoms with Gasteiger partial charge in [0.15, 0.2) is 0 Å². The molecule has 1 heterocycles. The molecule has 0 saturated heterocycles. The molecule has 0 aliphatic heterocycles. The second kappa shape index (κ2) is 6.73. The summed E-state index contributed by atoms with van der Waals surface area (Å²) in [6.07, 6.45) is 0.317. The van der Waals surface area contributed by atoms with Gasteiger partial charge in [0.05, 0.1) is 17.1 Å². The van der Waals surface area contributed by atoms with E-state index in [1.54, 1.807) is 31.2 Å². The number of aromatic amines is 2. The van der Waals surface area contributed by atoms with Crippen LogP contribution >= 0.6 is 0 Å². The maximum Gasteiger partial charge on any atom is 0.328 e. The van der Waals surface area contributed by atoms with E-state index in [1.807, 2.05) is 4.98 Å². The number of hydrogen-bond donors (Lipinski definition) is 4. The molecule has 0 aliphatic rings. The maximum atomic E-state index is 11.8. The normalized spacial score (nSPS) is 11.3. The van der Waals surface area contributed by atoms with Gasteiger partial charge < -0.3 is 10.4 Å². The molecule has 0 aliphatic carbocycles. The number of hydrogen-bond acceptors (Lipinski definition) is 5. The van der Waals surface area contributed by atoms with E-state index >= 15 is 0 Å². The van der Waals surface area contributed by atoms with Gasteiger partial charge in [0.1, 0.15) is 5.56 Å². The van der Waals surface area contributed by atoms with Crippen molar-refractivity contribution in [3.63, 3.8) is 0 Å². The number of anilines is 1. The first-order valence-corrected chi connectivity index (χ1v) is 6.92. The van der Waals surface area contributed by atoms with E-state index < -0.39 is 17.1 Å². The van der Waals surface area contributed by atoms with Gasteiger partial charge in [-0.05, 0) is 19.1 Å². The molecule has 0 saturated carbocycles. The highest BCUT2D eigenvalue weighted by Gasteiger charge is 2.13. The molecule has 0 atom stereocenters. The lowest BCUT2D eigenvalue weighted by atomic mass is 10.2. The Morgan fingerprint density at radius 1 is 1.26 bits per heavy atom. The highest BCUT2D eigenvalue weighted by molar-refractivity contribution is 6.03. The molecule has 1 aromatic heterocycles. The number of H-pyrrole nitrogens is 2. The minimum atomic E-state index is -0.806. The third-order valence-corrected chi connectivity index (χ3v) is 3.07. The molecular formula is C15H16N4O4. The van der Waals surface area contributed by atoms with Crippen LogP contribution in [0.25, 0.3) is 0 Å². The van der Waals surface area contributed by atoms with E-state index in [2.05, 4.69) is 15.3 Å². The second-order valence-corrected chi connectivity index (χ2v) is 4.75. The van der Waals surface area contributed by atoms with E-state index in [4.69, 9.17) is 0 Å². The molecule has 0 unspecified atom stereocenters. The minimum Gasteiger partial charge on any atom is -0.494 e. The Balaban J connectivity index is 2.49. The molecule has 1 amide bonds. The van der Waals surface area contributed by atoms with E-state index in [1.165, 1.54) is 6.92 Å². The number of nitrogens with one attached hydrogen (secondary N) is 3. The number of aliphatic imine (C=N–C) groups is 1. The Kier molecular flexibility index (Phi) is 4.75. The van der Waals surface area contributed by atoms with Gasteiger partial charge in [-0.15, -0.1) is 0 Å². The number of amides is 1. The summed E-state index contributed by atoms with van der Waals surface area (Å²) in [5, 5.41) is 12.5. The van der Waals surface area contributed by atoms with Crippen molar-refractivity contribution in [3.8, 4) is 5.88 Å². The maximum absolute atomic E-state index is 11.8. The Morgan fingerprint density at radius 2 is 1.96 bits per heavy atom. The Labute approximate surface area is 130 Å². The zero-order chi connectivity index (χ0) is 17.0. The predicted octanol–water partition coefficient (Wildman–Crippen LogP) is 1.26. The smallest absolute Gasteiger partial charge is 0.328 e. The summed E-state index contributed by atoms with van der Waals surface area (Å²) in [5.41, 5.74) is -0.586. The summed E-state index contributed by atoms with van der Waals surface area (Å²) in [7, 11) is 0. The van der Waals surface area contributed by atoms with Crippen molar-refractivity contribution >= 4 is 23.0 Å². The molecule has 2 rings (SSSR count). The van der Waals surface area contributed by atoms with Crippen molar-refractivity contribution in [1.29, 1.82) is 0 Å². The van der Waals surface area contributed by atoms with Crippen LogP contribution in [0.3, 0.4) is 0 Å². The van der Waals surface area contributed by atoms with E-state index in [0.717, 1.165) is 0 Å². The van der Waals surface area contributed by atoms with Gasteiger partial charge in [-0.1, -0.05) is 19.1 Å². The van der Waals surface area contributed by atoms with E-state index in [0.29, 0.717) is 17.8 Å². The van der Waals surface area contributed by atoms with Crippen molar-refractivity contribution in [1.82, 2.24) is 9.97 Å². The summed E-state index contributed by atoms with van der Waals surface area (Å²) < 4.78 is 0. The van der Waals surface area contributed by atoms with Crippen LogP contribution in [0.2, 0.25) is 0 Å². The van der Waals surface area contributed by atoms with Crippen LogP contribution in [-0.2, 0) is 4.79 Å². The van der Waals surface area contributed by atoms with Crippen molar-refractivity contribution in [2.75, 3.05) is 5.32 Å². The summed E-state index contributed by atoms with van der Waals surface area (Å²) in [5.74, 6) is -0.731. The van der Waals surface area contributed by atoms with E-state index in [-0.39, 0.29) is 17.2 Å². The monoisotopic (exact) mass is 316 g/mol. The van der Waals surface area contributed by atoms with Crippen LogP contribution < -0.4 is 16.6 Å². The highest BCUT2D eigenvalue weighted by Crippen LogP contribution is 2.25. The first kappa shape index (κ1) is 16.2. The number of carbonyl (C=O) groups excluding carboxylic acids is 1. The fraction of sp³-hybridized carbons (Fsp3) is 0.200. The van der Waals surface area contributed by atoms with Crippen LogP contribution in [0.1, 0.15) is 25.8 Å². The highest BCUT2D eigenvalue weighted by atomic mass is 16.3. The molecule has 1 aromatic carbocycles. The molecule has 0 bridgehead atoms. The quantitative estimate of drug-likeness (QED) is 0.633. The zero-order valence-electron chi connectivity index (χ0n) is 12.6. The Morgan fingerprint density at radius 3 is 2.61 bits per heavy atom. The fourth-order valence-corrected chi connectivity index (χ4v) is 1.96. The topological polar surface area (TPSA) is 127 Å². The summed E-state index contributed by atoms with van der Waals surface area (Å²) in [4.78, 5) is 42.8. The number of carbonyl (C=O) groups is 1. The molecule has 8 nitrogen and oxygen atoms in total. The number of nitrogens with zero attached hydrogens (tertiary/aromatic N) is 1. The number of benzene rings is 1. The van der Waals surface area contributed by atoms with Crippen molar-refractivity contribution < 1.29 is 9.90 Å². The van der Waals surface area contributed by atoms with Crippen molar-refractivity contribution in [2.24, 2.45) is 4.99 Å². The number of aromatic nitrogens is 2. The van der Waals surface area contributed by atoms with Gasteiger partial charge in [-0.2, -0.15) is 0 Å². The largest absolute Gasteiger partial charge is 0.494 e. The molecule has 2 aromatic rings. The lowest BCUT2D eigenvalue weighted by Crippen LogP contribution is -2.27.